The summed E-state index contributed by atoms with van der Waals surface area (Å²) in [6.07, 6.45) is 0. The molecular weight excluding hydrogens is 240 g/mol. The number of rotatable bonds is 5. The first-order chi connectivity index (χ1) is 8.29. The van der Waals surface area contributed by atoms with Crippen LogP contribution < -0.4 is 10.6 Å². The number of benzene rings is 1. The Morgan fingerprint density at radius 1 is 1.24 bits per heavy atom. The number of halogens is 1. The van der Waals surface area contributed by atoms with Crippen LogP contribution in [0.15, 0.2) is 28.7 Å². The average Bonchev–Trinajstić information content (AvgIpc) is 2.76. The molecule has 0 saturated carbocycles. The lowest BCUT2D eigenvalue weighted by Crippen LogP contribution is -2.04. The third-order valence-corrected chi connectivity index (χ3v) is 2.55. The van der Waals surface area contributed by atoms with Crippen LogP contribution in [0, 0.1) is 0 Å². The summed E-state index contributed by atoms with van der Waals surface area (Å²) in [4.78, 5) is 0. The Morgan fingerprint density at radius 2 is 2.06 bits per heavy atom. The SMILES string of the molecule is CNCc1nnc(NCc2ccccc2Cl)o1. The molecule has 0 aliphatic heterocycles. The predicted octanol–water partition coefficient (Wildman–Crippen LogP) is 2.05. The minimum absolute atomic E-state index is 0.398. The molecule has 1 heterocycles. The van der Waals surface area contributed by atoms with Crippen LogP contribution in [0.4, 0.5) is 6.01 Å². The van der Waals surface area contributed by atoms with Gasteiger partial charge in [-0.3, -0.25) is 0 Å². The number of aromatic nitrogens is 2. The Labute approximate surface area is 104 Å². The lowest BCUT2D eigenvalue weighted by Gasteiger charge is -2.03. The van der Waals surface area contributed by atoms with Gasteiger partial charge in [-0.15, -0.1) is 5.10 Å². The molecule has 2 rings (SSSR count). The molecule has 0 bridgehead atoms. The van der Waals surface area contributed by atoms with E-state index < -0.39 is 0 Å². The van der Waals surface area contributed by atoms with Crippen molar-refractivity contribution in [2.75, 3.05) is 12.4 Å². The molecule has 0 spiro atoms. The largest absolute Gasteiger partial charge is 0.407 e. The molecule has 2 aromatic rings. The van der Waals surface area contributed by atoms with E-state index in [9.17, 15) is 0 Å². The second kappa shape index (κ2) is 5.65. The number of anilines is 1. The maximum absolute atomic E-state index is 6.03. The molecular formula is C11H13ClN4O. The van der Waals surface area contributed by atoms with Gasteiger partial charge in [0.1, 0.15) is 0 Å². The van der Waals surface area contributed by atoms with Crippen molar-refractivity contribution in [3.63, 3.8) is 0 Å². The summed E-state index contributed by atoms with van der Waals surface area (Å²) in [5, 5.41) is 14.4. The lowest BCUT2D eigenvalue weighted by atomic mass is 10.2. The number of nitrogens with one attached hydrogen (secondary N) is 2. The molecule has 17 heavy (non-hydrogen) atoms. The van der Waals surface area contributed by atoms with Crippen LogP contribution >= 0.6 is 11.6 Å². The van der Waals surface area contributed by atoms with E-state index >= 15 is 0 Å². The van der Waals surface area contributed by atoms with Crippen molar-refractivity contribution in [3.05, 3.63) is 40.7 Å². The molecule has 1 aromatic carbocycles. The molecule has 0 amide bonds. The summed E-state index contributed by atoms with van der Waals surface area (Å²) < 4.78 is 5.35. The number of nitrogens with zero attached hydrogens (tertiary/aromatic N) is 2. The molecule has 0 fully saturated rings. The van der Waals surface area contributed by atoms with Crippen molar-refractivity contribution in [3.8, 4) is 0 Å². The third-order valence-electron chi connectivity index (χ3n) is 2.18. The molecule has 0 radical (unpaired) electrons. The quantitative estimate of drug-likeness (QED) is 0.853. The van der Waals surface area contributed by atoms with Crippen LogP contribution in [0.25, 0.3) is 0 Å². The lowest BCUT2D eigenvalue weighted by molar-refractivity contribution is 0.489. The topological polar surface area (TPSA) is 63.0 Å². The summed E-state index contributed by atoms with van der Waals surface area (Å²) in [7, 11) is 1.82. The van der Waals surface area contributed by atoms with Gasteiger partial charge in [0.05, 0.1) is 6.54 Å². The predicted molar refractivity (Wildman–Crippen MR) is 65.8 cm³/mol. The van der Waals surface area contributed by atoms with Gasteiger partial charge in [0.2, 0.25) is 5.89 Å². The molecule has 0 atom stereocenters. The Hall–Kier alpha value is -1.59. The van der Waals surface area contributed by atoms with Crippen LogP contribution in [0.3, 0.4) is 0 Å². The Morgan fingerprint density at radius 3 is 2.82 bits per heavy atom. The van der Waals surface area contributed by atoms with Crippen molar-refractivity contribution in [1.82, 2.24) is 15.5 Å². The van der Waals surface area contributed by atoms with Crippen LogP contribution in [-0.2, 0) is 13.1 Å². The van der Waals surface area contributed by atoms with Crippen LogP contribution in [0.1, 0.15) is 11.5 Å². The van der Waals surface area contributed by atoms with Crippen molar-refractivity contribution in [1.29, 1.82) is 0 Å². The summed E-state index contributed by atoms with van der Waals surface area (Å²) in [5.41, 5.74) is 0.988. The van der Waals surface area contributed by atoms with Gasteiger partial charge in [0.15, 0.2) is 0 Å². The van der Waals surface area contributed by atoms with E-state index in [0.29, 0.717) is 25.0 Å². The molecule has 0 unspecified atom stereocenters. The monoisotopic (exact) mass is 252 g/mol. The van der Waals surface area contributed by atoms with Crippen molar-refractivity contribution in [2.24, 2.45) is 0 Å². The molecule has 0 aliphatic carbocycles. The first-order valence-corrected chi connectivity index (χ1v) is 5.61. The van der Waals surface area contributed by atoms with Gasteiger partial charge >= 0.3 is 6.01 Å². The molecule has 0 saturated heterocycles. The van der Waals surface area contributed by atoms with Gasteiger partial charge < -0.3 is 15.1 Å². The normalized spacial score (nSPS) is 10.5. The van der Waals surface area contributed by atoms with E-state index in [1.54, 1.807) is 0 Å². The summed E-state index contributed by atoms with van der Waals surface area (Å²) in [6.45, 7) is 1.11. The highest BCUT2D eigenvalue weighted by Gasteiger charge is 2.05. The number of hydrogen-bond donors (Lipinski definition) is 2. The first-order valence-electron chi connectivity index (χ1n) is 5.24. The van der Waals surface area contributed by atoms with Crippen LogP contribution in [0.2, 0.25) is 5.02 Å². The second-order valence-corrected chi connectivity index (χ2v) is 3.88. The van der Waals surface area contributed by atoms with Crippen LogP contribution in [0.5, 0.6) is 0 Å². The molecule has 6 heteroatoms. The zero-order chi connectivity index (χ0) is 12.1. The van der Waals surface area contributed by atoms with Gasteiger partial charge in [-0.05, 0) is 18.7 Å². The summed E-state index contributed by atoms with van der Waals surface area (Å²) in [6, 6.07) is 8.02. The highest BCUT2D eigenvalue weighted by Crippen LogP contribution is 2.16. The van der Waals surface area contributed by atoms with Gasteiger partial charge in [0.25, 0.3) is 0 Å². The zero-order valence-electron chi connectivity index (χ0n) is 9.40. The molecule has 0 aliphatic rings. The number of hydrogen-bond acceptors (Lipinski definition) is 5. The maximum Gasteiger partial charge on any atom is 0.315 e. The standard InChI is InChI=1S/C11H13ClN4O/c1-13-7-10-15-16-11(17-10)14-6-8-4-2-3-5-9(8)12/h2-5,13H,6-7H2,1H3,(H,14,16). The third kappa shape index (κ3) is 3.18. The van der Waals surface area contributed by atoms with Crippen molar-refractivity contribution < 1.29 is 4.42 Å². The average molecular weight is 253 g/mol. The fraction of sp³-hybridized carbons (Fsp3) is 0.273. The van der Waals surface area contributed by atoms with Crippen molar-refractivity contribution >= 4 is 17.6 Å². The first kappa shape index (κ1) is 11.9. The van der Waals surface area contributed by atoms with Gasteiger partial charge in [-0.25, -0.2) is 0 Å². The van der Waals surface area contributed by atoms with E-state index in [-0.39, 0.29) is 0 Å². The van der Waals surface area contributed by atoms with Gasteiger partial charge in [0, 0.05) is 11.6 Å². The van der Waals surface area contributed by atoms with E-state index in [4.69, 9.17) is 16.0 Å². The van der Waals surface area contributed by atoms with Gasteiger partial charge in [-0.1, -0.05) is 34.9 Å². The Bertz CT molecular complexity index is 486. The van der Waals surface area contributed by atoms with Gasteiger partial charge in [-0.2, -0.15) is 0 Å². The van der Waals surface area contributed by atoms with E-state index in [1.165, 1.54) is 0 Å². The molecule has 1 aromatic heterocycles. The van der Waals surface area contributed by atoms with Crippen molar-refractivity contribution in [2.45, 2.75) is 13.1 Å². The minimum Gasteiger partial charge on any atom is -0.407 e. The summed E-state index contributed by atoms with van der Waals surface area (Å²) >= 11 is 6.03. The highest BCUT2D eigenvalue weighted by molar-refractivity contribution is 6.31. The summed E-state index contributed by atoms with van der Waals surface area (Å²) in [5.74, 6) is 0.550. The van der Waals surface area contributed by atoms with E-state index in [2.05, 4.69) is 20.8 Å². The maximum atomic E-state index is 6.03. The molecule has 90 valence electrons. The smallest absolute Gasteiger partial charge is 0.315 e. The minimum atomic E-state index is 0.398. The molecule has 5 nitrogen and oxygen atoms in total. The fourth-order valence-corrected chi connectivity index (χ4v) is 1.56. The van der Waals surface area contributed by atoms with E-state index in [0.717, 1.165) is 10.6 Å². The van der Waals surface area contributed by atoms with Crippen LogP contribution in [-0.4, -0.2) is 17.2 Å². The Balaban J connectivity index is 1.95. The zero-order valence-corrected chi connectivity index (χ0v) is 10.2. The second-order valence-electron chi connectivity index (χ2n) is 3.48. The highest BCUT2D eigenvalue weighted by atomic mass is 35.5. The fourth-order valence-electron chi connectivity index (χ4n) is 1.36. The van der Waals surface area contributed by atoms with E-state index in [1.807, 2.05) is 31.3 Å². The Kier molecular flexibility index (Phi) is 3.95. The molecule has 2 N–H and O–H groups in total.